The molecule has 0 bridgehead atoms. The number of benzene rings is 1. The summed E-state index contributed by atoms with van der Waals surface area (Å²) in [7, 11) is 0.0522. The largest absolute Gasteiger partial charge is 0.494 e. The highest BCUT2D eigenvalue weighted by atomic mass is 35.7. The number of hydrogen-bond donors (Lipinski definition) is 0. The van der Waals surface area contributed by atoms with Crippen molar-refractivity contribution in [2.24, 2.45) is 0 Å². The predicted octanol–water partition coefficient (Wildman–Crippen LogP) is 3.22. The second kappa shape index (κ2) is 7.14. The minimum absolute atomic E-state index is 0.0522. The normalized spacial score (nSPS) is 10.8. The molecule has 1 rings (SSSR count). The molecule has 0 saturated carbocycles. The third kappa shape index (κ3) is 5.09. The molecule has 0 saturated heterocycles. The highest BCUT2D eigenvalue weighted by molar-refractivity contribution is 7.64. The minimum Gasteiger partial charge on any atom is -0.494 e. The molecule has 1 atom stereocenters. The maximum Gasteiger partial charge on any atom is 0.119 e. The van der Waals surface area contributed by atoms with Gasteiger partial charge in [-0.25, -0.2) is 0 Å². The molecule has 0 aromatic heterocycles. The Bertz CT molecular complexity index is 218. The van der Waals surface area contributed by atoms with Gasteiger partial charge in [-0.15, -0.1) is 0 Å². The topological polar surface area (TPSA) is 18.5 Å². The Morgan fingerprint density at radius 3 is 2.62 bits per heavy atom. The third-order valence-electron chi connectivity index (χ3n) is 1.46. The van der Waals surface area contributed by atoms with Gasteiger partial charge in [0.25, 0.3) is 0 Å². The molecule has 0 N–H and O–H groups in total. The summed E-state index contributed by atoms with van der Waals surface area (Å²) >= 11 is 5.36. The van der Waals surface area contributed by atoms with Gasteiger partial charge in [0.1, 0.15) is 13.9 Å². The van der Waals surface area contributed by atoms with Crippen LogP contribution in [0.25, 0.3) is 0 Å². The molecular formula is C9H12ClO2P. The lowest BCUT2D eigenvalue weighted by Gasteiger charge is -2.04. The molecular weight excluding hydrogens is 207 g/mol. The number of halogens is 1. The maximum atomic E-state index is 5.43. The van der Waals surface area contributed by atoms with Crippen molar-refractivity contribution in [1.82, 2.24) is 0 Å². The Balaban J connectivity index is 2.07. The molecule has 0 radical (unpaired) electrons. The Morgan fingerprint density at radius 1 is 1.15 bits per heavy atom. The number of hydrogen-bond acceptors (Lipinski definition) is 2. The van der Waals surface area contributed by atoms with E-state index in [1.54, 1.807) is 0 Å². The summed E-state index contributed by atoms with van der Waals surface area (Å²) in [5.74, 6) is 0.899. The van der Waals surface area contributed by atoms with Crippen molar-refractivity contribution in [3.63, 3.8) is 0 Å². The van der Waals surface area contributed by atoms with E-state index in [-0.39, 0.29) is 8.16 Å². The van der Waals surface area contributed by atoms with Crippen LogP contribution in [0.15, 0.2) is 30.3 Å². The molecule has 1 unspecified atom stereocenters. The van der Waals surface area contributed by atoms with E-state index in [0.717, 1.165) is 12.2 Å². The van der Waals surface area contributed by atoms with E-state index >= 15 is 0 Å². The molecule has 0 aliphatic carbocycles. The quantitative estimate of drug-likeness (QED) is 0.539. The zero-order chi connectivity index (χ0) is 9.36. The third-order valence-corrected chi connectivity index (χ3v) is 2.10. The van der Waals surface area contributed by atoms with E-state index in [4.69, 9.17) is 20.5 Å². The van der Waals surface area contributed by atoms with E-state index in [9.17, 15) is 0 Å². The summed E-state index contributed by atoms with van der Waals surface area (Å²) in [5, 5.41) is 0. The first kappa shape index (κ1) is 10.8. The van der Waals surface area contributed by atoms with Crippen LogP contribution in [0, 0.1) is 0 Å². The summed E-state index contributed by atoms with van der Waals surface area (Å²) in [6.45, 7) is 1.33. The van der Waals surface area contributed by atoms with Crippen LogP contribution in [0.4, 0.5) is 0 Å². The molecule has 1 aromatic rings. The van der Waals surface area contributed by atoms with Crippen LogP contribution in [0.5, 0.6) is 5.75 Å². The van der Waals surface area contributed by atoms with Crippen LogP contribution in [0.2, 0.25) is 0 Å². The van der Waals surface area contributed by atoms with Crippen LogP contribution < -0.4 is 4.74 Å². The number of para-hydroxylation sites is 1. The van der Waals surface area contributed by atoms with Crippen molar-refractivity contribution in [2.75, 3.05) is 13.2 Å². The summed E-state index contributed by atoms with van der Waals surface area (Å²) in [6, 6.07) is 9.73. The van der Waals surface area contributed by atoms with Crippen molar-refractivity contribution in [1.29, 1.82) is 0 Å². The van der Waals surface area contributed by atoms with Gasteiger partial charge in [-0.05, 0) is 12.1 Å². The van der Waals surface area contributed by atoms with Crippen LogP contribution in [0.3, 0.4) is 0 Å². The van der Waals surface area contributed by atoms with Crippen LogP contribution in [-0.2, 0) is 4.52 Å². The highest BCUT2D eigenvalue weighted by Gasteiger charge is 1.91. The fourth-order valence-corrected chi connectivity index (χ4v) is 1.33. The first-order chi connectivity index (χ1) is 6.43. The minimum atomic E-state index is 0.0522. The van der Waals surface area contributed by atoms with Crippen LogP contribution >= 0.6 is 19.4 Å². The summed E-state index contributed by atoms with van der Waals surface area (Å²) in [6.07, 6.45) is 0.870. The van der Waals surface area contributed by atoms with Gasteiger partial charge in [-0.3, -0.25) is 0 Å². The predicted molar refractivity (Wildman–Crippen MR) is 56.7 cm³/mol. The number of ether oxygens (including phenoxy) is 1. The van der Waals surface area contributed by atoms with Gasteiger partial charge >= 0.3 is 0 Å². The second-order valence-corrected chi connectivity index (χ2v) is 3.35. The molecule has 0 heterocycles. The van der Waals surface area contributed by atoms with Gasteiger partial charge in [-0.1, -0.05) is 29.4 Å². The molecule has 1 aromatic carbocycles. The monoisotopic (exact) mass is 218 g/mol. The Morgan fingerprint density at radius 2 is 1.92 bits per heavy atom. The maximum absolute atomic E-state index is 5.43. The summed E-state index contributed by atoms with van der Waals surface area (Å²) in [4.78, 5) is 0. The number of rotatable bonds is 6. The molecule has 0 spiro atoms. The van der Waals surface area contributed by atoms with E-state index in [0.29, 0.717) is 13.2 Å². The smallest absolute Gasteiger partial charge is 0.119 e. The Labute approximate surface area is 84.9 Å². The van der Waals surface area contributed by atoms with E-state index < -0.39 is 0 Å². The molecule has 4 heteroatoms. The zero-order valence-electron chi connectivity index (χ0n) is 7.20. The lowest BCUT2D eigenvalue weighted by molar-refractivity contribution is 0.265. The van der Waals surface area contributed by atoms with Crippen molar-refractivity contribution in [3.05, 3.63) is 30.3 Å². The fraction of sp³-hybridized carbons (Fsp3) is 0.333. The average Bonchev–Trinajstić information content (AvgIpc) is 2.19. The van der Waals surface area contributed by atoms with E-state index in [2.05, 4.69) is 0 Å². The average molecular weight is 219 g/mol. The van der Waals surface area contributed by atoms with Crippen LogP contribution in [-0.4, -0.2) is 13.2 Å². The van der Waals surface area contributed by atoms with Crippen LogP contribution in [0.1, 0.15) is 6.42 Å². The summed E-state index contributed by atoms with van der Waals surface area (Å²) < 4.78 is 10.4. The fourth-order valence-electron chi connectivity index (χ4n) is 0.876. The van der Waals surface area contributed by atoms with Gasteiger partial charge in [0, 0.05) is 6.42 Å². The standard InChI is InChI=1S/C9H12ClO2P/c10-13-12-8-4-7-11-9-5-2-1-3-6-9/h1-3,5-6,13H,4,7-8H2. The molecule has 13 heavy (non-hydrogen) atoms. The second-order valence-electron chi connectivity index (χ2n) is 2.44. The van der Waals surface area contributed by atoms with E-state index in [1.807, 2.05) is 30.3 Å². The van der Waals surface area contributed by atoms with E-state index in [1.165, 1.54) is 0 Å². The molecule has 0 aliphatic rings. The molecule has 0 fully saturated rings. The summed E-state index contributed by atoms with van der Waals surface area (Å²) in [5.41, 5.74) is 0. The molecule has 0 amide bonds. The van der Waals surface area contributed by atoms with Crippen molar-refractivity contribution < 1.29 is 9.26 Å². The van der Waals surface area contributed by atoms with Gasteiger partial charge < -0.3 is 9.26 Å². The van der Waals surface area contributed by atoms with Gasteiger partial charge in [-0.2, -0.15) is 0 Å². The van der Waals surface area contributed by atoms with Gasteiger partial charge in [0.05, 0.1) is 13.2 Å². The lowest BCUT2D eigenvalue weighted by atomic mass is 10.3. The Kier molecular flexibility index (Phi) is 5.92. The SMILES string of the molecule is ClPOCCCOc1ccccc1. The van der Waals surface area contributed by atoms with Gasteiger partial charge in [0.15, 0.2) is 0 Å². The zero-order valence-corrected chi connectivity index (χ0v) is 8.96. The van der Waals surface area contributed by atoms with Gasteiger partial charge in [0.2, 0.25) is 0 Å². The lowest BCUT2D eigenvalue weighted by Crippen LogP contribution is -1.99. The molecule has 72 valence electrons. The molecule has 0 aliphatic heterocycles. The first-order valence-corrected chi connectivity index (χ1v) is 6.01. The van der Waals surface area contributed by atoms with Crippen molar-refractivity contribution >= 4 is 19.4 Å². The Hall–Kier alpha value is -0.300. The van der Waals surface area contributed by atoms with Crippen molar-refractivity contribution in [3.8, 4) is 5.75 Å². The first-order valence-electron chi connectivity index (χ1n) is 4.09. The van der Waals surface area contributed by atoms with Crippen molar-refractivity contribution in [2.45, 2.75) is 6.42 Å². The highest BCUT2D eigenvalue weighted by Crippen LogP contribution is 2.16. The molecule has 2 nitrogen and oxygen atoms in total.